The summed E-state index contributed by atoms with van der Waals surface area (Å²) in [5.74, 6) is -3.36. The van der Waals surface area contributed by atoms with Gasteiger partial charge in [0.15, 0.2) is 11.6 Å². The number of aromatic amines is 2. The van der Waals surface area contributed by atoms with Crippen LogP contribution in [0.25, 0.3) is 55.8 Å². The number of rotatable bonds is 5. The van der Waals surface area contributed by atoms with E-state index >= 15 is 4.39 Å². The molecule has 0 spiro atoms. The maximum Gasteiger partial charge on any atom is 0.261 e. The Hall–Kier alpha value is -4.71. The van der Waals surface area contributed by atoms with Crippen molar-refractivity contribution in [3.63, 3.8) is 0 Å². The normalized spacial score (nSPS) is 15.4. The third kappa shape index (κ3) is 4.26. The number of pyridine rings is 3. The lowest BCUT2D eigenvalue weighted by atomic mass is 10.1. The van der Waals surface area contributed by atoms with Crippen molar-refractivity contribution < 1.29 is 17.6 Å². The van der Waals surface area contributed by atoms with Gasteiger partial charge in [-0.3, -0.25) is 25.0 Å². The largest absolute Gasteiger partial charge is 0.335 e. The standard InChI is InChI=1S/C28H20F4N8/c29-18-3-1-16(2-4-18)19-10-34-11-21-25(19)37-27(36-21)26-22-20(38-39-26)12-35-24(23(22)30)17-7-15(8-33-9-17)13-40-6-5-28(31,32)14-40/h1-4,7-12H,5-6,13-14H2,(H,36,37)(H,38,39). The second kappa shape index (κ2) is 9.19. The molecule has 7 rings (SSSR count). The maximum atomic E-state index is 16.1. The third-order valence-corrected chi connectivity index (χ3v) is 7.04. The molecule has 6 aromatic rings. The average molecular weight is 545 g/mol. The molecule has 1 fully saturated rings. The van der Waals surface area contributed by atoms with E-state index in [0.29, 0.717) is 39.1 Å². The van der Waals surface area contributed by atoms with Crippen molar-refractivity contribution in [3.05, 3.63) is 78.5 Å². The molecule has 1 saturated heterocycles. The predicted molar refractivity (Wildman–Crippen MR) is 140 cm³/mol. The molecule has 2 N–H and O–H groups in total. The number of hydrogen-bond acceptors (Lipinski definition) is 6. The van der Waals surface area contributed by atoms with Crippen LogP contribution >= 0.6 is 0 Å². The van der Waals surface area contributed by atoms with Crippen LogP contribution in [0, 0.1) is 11.6 Å². The predicted octanol–water partition coefficient (Wildman–Crippen LogP) is 5.74. The summed E-state index contributed by atoms with van der Waals surface area (Å²) < 4.78 is 56.8. The summed E-state index contributed by atoms with van der Waals surface area (Å²) in [5, 5.41) is 7.30. The zero-order valence-electron chi connectivity index (χ0n) is 20.8. The van der Waals surface area contributed by atoms with Crippen molar-refractivity contribution in [1.29, 1.82) is 0 Å². The summed E-state index contributed by atoms with van der Waals surface area (Å²) in [6, 6.07) is 7.70. The van der Waals surface area contributed by atoms with Gasteiger partial charge in [-0.15, -0.1) is 0 Å². The molecule has 6 heterocycles. The number of nitrogens with zero attached hydrogens (tertiary/aromatic N) is 6. The Morgan fingerprint density at radius 1 is 0.900 bits per heavy atom. The fraction of sp³-hybridized carbons (Fsp3) is 0.179. The first kappa shape index (κ1) is 24.3. The minimum atomic E-state index is -2.70. The van der Waals surface area contributed by atoms with E-state index < -0.39 is 11.7 Å². The molecule has 8 nitrogen and oxygen atoms in total. The van der Waals surface area contributed by atoms with Crippen LogP contribution in [-0.2, 0) is 6.54 Å². The Labute approximate surface area is 224 Å². The lowest BCUT2D eigenvalue weighted by Crippen LogP contribution is -2.24. The number of halogens is 4. The highest BCUT2D eigenvalue weighted by Crippen LogP contribution is 2.35. The Morgan fingerprint density at radius 3 is 2.52 bits per heavy atom. The van der Waals surface area contributed by atoms with Crippen molar-refractivity contribution >= 4 is 21.9 Å². The van der Waals surface area contributed by atoms with E-state index in [4.69, 9.17) is 4.98 Å². The van der Waals surface area contributed by atoms with Crippen LogP contribution in [0.1, 0.15) is 12.0 Å². The SMILES string of the molecule is Fc1ccc(-c2cncc3[nH]c(-c4n[nH]c5cnc(-c6cncc(CN7CCC(F)(F)C7)c6)c(F)c45)nc23)cc1. The number of imidazole rings is 1. The van der Waals surface area contributed by atoms with E-state index in [0.717, 1.165) is 5.56 Å². The van der Waals surface area contributed by atoms with Gasteiger partial charge in [0.25, 0.3) is 5.92 Å². The van der Waals surface area contributed by atoms with E-state index in [2.05, 4.69) is 30.1 Å². The number of fused-ring (bicyclic) bond motifs is 2. The Bertz CT molecular complexity index is 1880. The molecular formula is C28H20F4N8. The van der Waals surface area contributed by atoms with Crippen LogP contribution < -0.4 is 0 Å². The molecular weight excluding hydrogens is 524 g/mol. The van der Waals surface area contributed by atoms with Crippen LogP contribution in [0.2, 0.25) is 0 Å². The van der Waals surface area contributed by atoms with Crippen molar-refractivity contribution in [2.24, 2.45) is 0 Å². The van der Waals surface area contributed by atoms with Gasteiger partial charge in [0.05, 0.1) is 40.9 Å². The van der Waals surface area contributed by atoms with Gasteiger partial charge in [-0.2, -0.15) is 5.10 Å². The average Bonchev–Trinajstić information content (AvgIpc) is 3.65. The molecule has 1 aliphatic rings. The van der Waals surface area contributed by atoms with Gasteiger partial charge in [0.1, 0.15) is 17.2 Å². The molecule has 0 unspecified atom stereocenters. The summed E-state index contributed by atoms with van der Waals surface area (Å²) in [5.41, 5.74) is 4.37. The van der Waals surface area contributed by atoms with Crippen LogP contribution in [0.4, 0.5) is 17.6 Å². The van der Waals surface area contributed by atoms with Crippen molar-refractivity contribution in [2.45, 2.75) is 18.9 Å². The van der Waals surface area contributed by atoms with Crippen LogP contribution in [0.15, 0.2) is 61.3 Å². The smallest absolute Gasteiger partial charge is 0.261 e. The van der Waals surface area contributed by atoms with Gasteiger partial charge in [-0.1, -0.05) is 12.1 Å². The molecule has 0 atom stereocenters. The fourth-order valence-electron chi connectivity index (χ4n) is 5.14. The van der Waals surface area contributed by atoms with Gasteiger partial charge >= 0.3 is 0 Å². The fourth-order valence-corrected chi connectivity index (χ4v) is 5.14. The summed E-state index contributed by atoms with van der Waals surface area (Å²) >= 11 is 0. The first-order valence-corrected chi connectivity index (χ1v) is 12.5. The highest BCUT2D eigenvalue weighted by molar-refractivity contribution is 5.97. The van der Waals surface area contributed by atoms with Gasteiger partial charge in [0, 0.05) is 49.2 Å². The van der Waals surface area contributed by atoms with Crippen LogP contribution in [-0.4, -0.2) is 59.0 Å². The number of likely N-dealkylation sites (tertiary alicyclic amines) is 1. The van der Waals surface area contributed by atoms with E-state index in [-0.39, 0.29) is 48.6 Å². The molecule has 0 aliphatic carbocycles. The zero-order chi connectivity index (χ0) is 27.4. The van der Waals surface area contributed by atoms with Crippen molar-refractivity contribution in [2.75, 3.05) is 13.1 Å². The minimum absolute atomic E-state index is 0.0565. The Balaban J connectivity index is 1.27. The molecule has 0 amide bonds. The molecule has 12 heteroatoms. The topological polar surface area (TPSA) is 99.3 Å². The highest BCUT2D eigenvalue weighted by Gasteiger charge is 2.38. The third-order valence-electron chi connectivity index (χ3n) is 7.04. The number of H-pyrrole nitrogens is 2. The van der Waals surface area contributed by atoms with E-state index in [1.54, 1.807) is 41.7 Å². The number of benzene rings is 1. The van der Waals surface area contributed by atoms with Gasteiger partial charge < -0.3 is 4.98 Å². The van der Waals surface area contributed by atoms with E-state index in [1.807, 2.05) is 0 Å². The zero-order valence-corrected chi connectivity index (χ0v) is 20.8. The molecule has 1 aliphatic heterocycles. The van der Waals surface area contributed by atoms with Crippen LogP contribution in [0.3, 0.4) is 0 Å². The molecule has 40 heavy (non-hydrogen) atoms. The number of aromatic nitrogens is 7. The van der Waals surface area contributed by atoms with Gasteiger partial charge in [0.2, 0.25) is 0 Å². The number of hydrogen-bond donors (Lipinski definition) is 2. The molecule has 1 aromatic carbocycles. The van der Waals surface area contributed by atoms with E-state index in [1.165, 1.54) is 24.5 Å². The van der Waals surface area contributed by atoms with Gasteiger partial charge in [-0.25, -0.2) is 22.5 Å². The maximum absolute atomic E-state index is 16.1. The second-order valence-corrected chi connectivity index (χ2v) is 9.86. The number of nitrogens with one attached hydrogen (secondary N) is 2. The molecule has 200 valence electrons. The van der Waals surface area contributed by atoms with Crippen molar-refractivity contribution in [3.8, 4) is 33.9 Å². The van der Waals surface area contributed by atoms with Gasteiger partial charge in [-0.05, 0) is 29.3 Å². The molecule has 0 bridgehead atoms. The molecule has 0 radical (unpaired) electrons. The summed E-state index contributed by atoms with van der Waals surface area (Å²) in [4.78, 5) is 22.3. The monoisotopic (exact) mass is 544 g/mol. The molecule has 5 aromatic heterocycles. The Kier molecular flexibility index (Phi) is 5.59. The first-order valence-electron chi connectivity index (χ1n) is 12.5. The summed E-state index contributed by atoms with van der Waals surface area (Å²) in [6.45, 7) is 0.245. The summed E-state index contributed by atoms with van der Waals surface area (Å²) in [6.07, 6.45) is 7.60. The lowest BCUT2D eigenvalue weighted by molar-refractivity contribution is 0.0115. The highest BCUT2D eigenvalue weighted by atomic mass is 19.3. The quantitative estimate of drug-likeness (QED) is 0.269. The first-order chi connectivity index (χ1) is 19.3. The Morgan fingerprint density at radius 2 is 1.73 bits per heavy atom. The summed E-state index contributed by atoms with van der Waals surface area (Å²) in [7, 11) is 0. The second-order valence-electron chi connectivity index (χ2n) is 9.86. The number of alkyl halides is 2. The van der Waals surface area contributed by atoms with Crippen LogP contribution in [0.5, 0.6) is 0 Å². The lowest BCUT2D eigenvalue weighted by Gasteiger charge is -2.15. The minimum Gasteiger partial charge on any atom is -0.335 e. The molecule has 0 saturated carbocycles. The van der Waals surface area contributed by atoms with E-state index in [9.17, 15) is 13.2 Å². The van der Waals surface area contributed by atoms with Crippen molar-refractivity contribution in [1.82, 2.24) is 40.0 Å².